The Labute approximate surface area is 120 Å². The number of hydrogen-bond acceptors (Lipinski definition) is 3. The highest BCUT2D eigenvalue weighted by Gasteiger charge is 2.19. The van der Waals surface area contributed by atoms with Crippen LogP contribution in [-0.2, 0) is 0 Å². The molecule has 3 nitrogen and oxygen atoms in total. The molecule has 2 aromatic carbocycles. The quantitative estimate of drug-likeness (QED) is 0.662. The monoisotopic (exact) mass is 270 g/mol. The number of hydrogen-bond donors (Lipinski definition) is 2. The van der Waals surface area contributed by atoms with Gasteiger partial charge in [0.2, 0.25) is 0 Å². The van der Waals surface area contributed by atoms with E-state index in [1.54, 1.807) is 7.11 Å². The Morgan fingerprint density at radius 3 is 2.45 bits per heavy atom. The second kappa shape index (κ2) is 6.07. The van der Waals surface area contributed by atoms with Gasteiger partial charge in [-0.1, -0.05) is 35.9 Å². The van der Waals surface area contributed by atoms with E-state index in [-0.39, 0.29) is 6.04 Å². The SMILES string of the molecule is COc1ccc(C)cc1C(NN)c1cccc(C)c1C. The maximum Gasteiger partial charge on any atom is 0.124 e. The fourth-order valence-corrected chi connectivity index (χ4v) is 2.51. The van der Waals surface area contributed by atoms with Gasteiger partial charge in [0.25, 0.3) is 0 Å². The van der Waals surface area contributed by atoms with Crippen LogP contribution in [0.25, 0.3) is 0 Å². The lowest BCUT2D eigenvalue weighted by atomic mass is 9.92. The molecule has 1 unspecified atom stereocenters. The lowest BCUT2D eigenvalue weighted by Crippen LogP contribution is -2.30. The van der Waals surface area contributed by atoms with Crippen LogP contribution in [0.4, 0.5) is 0 Å². The van der Waals surface area contributed by atoms with Gasteiger partial charge in [-0.15, -0.1) is 0 Å². The Balaban J connectivity index is 2.58. The van der Waals surface area contributed by atoms with Gasteiger partial charge in [0.05, 0.1) is 13.2 Å². The summed E-state index contributed by atoms with van der Waals surface area (Å²) in [5, 5.41) is 0. The summed E-state index contributed by atoms with van der Waals surface area (Å²) >= 11 is 0. The van der Waals surface area contributed by atoms with Crippen molar-refractivity contribution in [1.82, 2.24) is 5.43 Å². The lowest BCUT2D eigenvalue weighted by molar-refractivity contribution is 0.404. The average molecular weight is 270 g/mol. The molecule has 0 heterocycles. The van der Waals surface area contributed by atoms with Crippen molar-refractivity contribution < 1.29 is 4.74 Å². The zero-order valence-electron chi connectivity index (χ0n) is 12.5. The molecule has 0 saturated heterocycles. The Bertz CT molecular complexity index is 608. The summed E-state index contributed by atoms with van der Waals surface area (Å²) in [5.74, 6) is 6.67. The fraction of sp³-hybridized carbons (Fsp3) is 0.294. The highest BCUT2D eigenvalue weighted by Crippen LogP contribution is 2.32. The van der Waals surface area contributed by atoms with Gasteiger partial charge in [0.1, 0.15) is 5.75 Å². The normalized spacial score (nSPS) is 12.2. The van der Waals surface area contributed by atoms with Crippen LogP contribution < -0.4 is 16.0 Å². The summed E-state index contributed by atoms with van der Waals surface area (Å²) < 4.78 is 5.48. The molecular formula is C17H22N2O. The molecule has 1 atom stereocenters. The van der Waals surface area contributed by atoms with Crippen LogP contribution in [0.1, 0.15) is 33.9 Å². The minimum Gasteiger partial charge on any atom is -0.496 e. The van der Waals surface area contributed by atoms with Gasteiger partial charge in [0, 0.05) is 5.56 Å². The first-order valence-corrected chi connectivity index (χ1v) is 6.75. The third kappa shape index (κ3) is 2.69. The van der Waals surface area contributed by atoms with Crippen LogP contribution in [0.3, 0.4) is 0 Å². The van der Waals surface area contributed by atoms with Crippen LogP contribution in [0, 0.1) is 20.8 Å². The van der Waals surface area contributed by atoms with Crippen molar-refractivity contribution in [1.29, 1.82) is 0 Å². The van der Waals surface area contributed by atoms with Gasteiger partial charge in [-0.3, -0.25) is 5.84 Å². The number of benzene rings is 2. The molecule has 0 bridgehead atoms. The Morgan fingerprint density at radius 1 is 1.05 bits per heavy atom. The first-order chi connectivity index (χ1) is 9.58. The maximum absolute atomic E-state index is 5.82. The van der Waals surface area contributed by atoms with Crippen LogP contribution in [0.5, 0.6) is 5.75 Å². The first-order valence-electron chi connectivity index (χ1n) is 6.75. The van der Waals surface area contributed by atoms with E-state index in [9.17, 15) is 0 Å². The predicted octanol–water partition coefficient (Wildman–Crippen LogP) is 3.17. The molecule has 0 radical (unpaired) electrons. The van der Waals surface area contributed by atoms with Crippen molar-refractivity contribution in [3.05, 3.63) is 64.2 Å². The van der Waals surface area contributed by atoms with Crippen molar-refractivity contribution in [2.75, 3.05) is 7.11 Å². The number of rotatable bonds is 4. The van der Waals surface area contributed by atoms with E-state index in [2.05, 4.69) is 50.5 Å². The van der Waals surface area contributed by atoms with Crippen molar-refractivity contribution in [3.63, 3.8) is 0 Å². The molecule has 0 amide bonds. The highest BCUT2D eigenvalue weighted by atomic mass is 16.5. The standard InChI is InChI=1S/C17H22N2O/c1-11-8-9-16(20-4)15(10-11)17(19-18)14-7-5-6-12(2)13(14)3/h5-10,17,19H,18H2,1-4H3. The number of hydrazine groups is 1. The Morgan fingerprint density at radius 2 is 1.80 bits per heavy atom. The summed E-state index contributed by atoms with van der Waals surface area (Å²) in [6.45, 7) is 6.30. The van der Waals surface area contributed by atoms with Gasteiger partial charge in [0.15, 0.2) is 0 Å². The van der Waals surface area contributed by atoms with E-state index in [4.69, 9.17) is 10.6 Å². The van der Waals surface area contributed by atoms with Crippen LogP contribution in [-0.4, -0.2) is 7.11 Å². The summed E-state index contributed by atoms with van der Waals surface area (Å²) in [7, 11) is 1.69. The number of nitrogens with two attached hydrogens (primary N) is 1. The molecule has 2 aromatic rings. The molecule has 2 rings (SSSR count). The number of nitrogens with one attached hydrogen (secondary N) is 1. The molecule has 0 fully saturated rings. The van der Waals surface area contributed by atoms with Crippen LogP contribution in [0.15, 0.2) is 36.4 Å². The van der Waals surface area contributed by atoms with Gasteiger partial charge in [-0.25, -0.2) is 5.43 Å². The van der Waals surface area contributed by atoms with E-state index in [1.165, 1.54) is 22.3 Å². The van der Waals surface area contributed by atoms with Crippen molar-refractivity contribution in [3.8, 4) is 5.75 Å². The molecule has 0 aromatic heterocycles. The van der Waals surface area contributed by atoms with Gasteiger partial charge in [-0.2, -0.15) is 0 Å². The van der Waals surface area contributed by atoms with Gasteiger partial charge < -0.3 is 4.74 Å². The maximum atomic E-state index is 5.82. The summed E-state index contributed by atoms with van der Waals surface area (Å²) in [6.07, 6.45) is 0. The van der Waals surface area contributed by atoms with E-state index in [1.807, 2.05) is 12.1 Å². The Hall–Kier alpha value is -1.84. The van der Waals surface area contributed by atoms with Crippen LogP contribution in [0.2, 0.25) is 0 Å². The molecule has 20 heavy (non-hydrogen) atoms. The smallest absolute Gasteiger partial charge is 0.124 e. The second-order valence-electron chi connectivity index (χ2n) is 5.13. The molecule has 3 heteroatoms. The highest BCUT2D eigenvalue weighted by molar-refractivity contribution is 5.47. The van der Waals surface area contributed by atoms with E-state index in [0.717, 1.165) is 11.3 Å². The fourth-order valence-electron chi connectivity index (χ4n) is 2.51. The van der Waals surface area contributed by atoms with Crippen LogP contribution >= 0.6 is 0 Å². The topological polar surface area (TPSA) is 47.3 Å². The zero-order chi connectivity index (χ0) is 14.7. The lowest BCUT2D eigenvalue weighted by Gasteiger charge is -2.22. The second-order valence-corrected chi connectivity index (χ2v) is 5.13. The van der Waals surface area contributed by atoms with E-state index >= 15 is 0 Å². The minimum atomic E-state index is -0.0789. The number of ether oxygens (including phenoxy) is 1. The Kier molecular flexibility index (Phi) is 4.42. The third-order valence-corrected chi connectivity index (χ3v) is 3.82. The molecular weight excluding hydrogens is 248 g/mol. The van der Waals surface area contributed by atoms with Gasteiger partial charge in [-0.05, 0) is 43.5 Å². The molecule has 0 aliphatic heterocycles. The third-order valence-electron chi connectivity index (χ3n) is 3.82. The van der Waals surface area contributed by atoms with Crippen molar-refractivity contribution in [2.45, 2.75) is 26.8 Å². The van der Waals surface area contributed by atoms with E-state index < -0.39 is 0 Å². The largest absolute Gasteiger partial charge is 0.496 e. The summed E-state index contributed by atoms with van der Waals surface area (Å²) in [4.78, 5) is 0. The molecule has 3 N–H and O–H groups in total. The van der Waals surface area contributed by atoms with E-state index in [0.29, 0.717) is 0 Å². The molecule has 106 valence electrons. The summed E-state index contributed by atoms with van der Waals surface area (Å²) in [6, 6.07) is 12.3. The molecule has 0 aliphatic rings. The first kappa shape index (κ1) is 14.6. The summed E-state index contributed by atoms with van der Waals surface area (Å²) in [5.41, 5.74) is 8.86. The predicted molar refractivity (Wildman–Crippen MR) is 82.8 cm³/mol. The average Bonchev–Trinajstić information content (AvgIpc) is 2.44. The van der Waals surface area contributed by atoms with Crippen molar-refractivity contribution in [2.24, 2.45) is 5.84 Å². The number of methoxy groups -OCH3 is 1. The zero-order valence-corrected chi connectivity index (χ0v) is 12.5. The minimum absolute atomic E-state index is 0.0789. The molecule has 0 saturated carbocycles. The molecule has 0 aliphatic carbocycles. The van der Waals surface area contributed by atoms with Gasteiger partial charge >= 0.3 is 0 Å². The number of aryl methyl sites for hydroxylation is 2. The van der Waals surface area contributed by atoms with Crippen molar-refractivity contribution >= 4 is 0 Å². The molecule has 0 spiro atoms.